The van der Waals surface area contributed by atoms with Crippen LogP contribution < -0.4 is 5.73 Å². The lowest BCUT2D eigenvalue weighted by molar-refractivity contribution is -0.142. The average molecular weight is 264 g/mol. The molecule has 0 bridgehead atoms. The predicted molar refractivity (Wildman–Crippen MR) is 76.6 cm³/mol. The van der Waals surface area contributed by atoms with E-state index >= 15 is 0 Å². The summed E-state index contributed by atoms with van der Waals surface area (Å²) < 4.78 is 0. The third-order valence-corrected chi connectivity index (χ3v) is 5.91. The summed E-state index contributed by atoms with van der Waals surface area (Å²) in [5.41, 5.74) is 6.18. The zero-order valence-corrected chi connectivity index (χ0v) is 12.2. The number of fused-ring (bicyclic) bond motifs is 1. The van der Waals surface area contributed by atoms with Crippen molar-refractivity contribution in [1.29, 1.82) is 0 Å². The van der Waals surface area contributed by atoms with E-state index in [1.54, 1.807) is 0 Å². The molecule has 3 heteroatoms. The second-order valence-electron chi connectivity index (χ2n) is 7.35. The van der Waals surface area contributed by atoms with Gasteiger partial charge in [0.05, 0.1) is 0 Å². The van der Waals surface area contributed by atoms with Gasteiger partial charge in [-0.05, 0) is 37.5 Å². The molecule has 3 unspecified atom stereocenters. The Hall–Kier alpha value is -0.570. The van der Waals surface area contributed by atoms with Crippen LogP contribution in [0.4, 0.5) is 0 Å². The molecular formula is C16H28N2O. The summed E-state index contributed by atoms with van der Waals surface area (Å²) in [6.45, 7) is 4.10. The van der Waals surface area contributed by atoms with Gasteiger partial charge in [-0.1, -0.05) is 32.6 Å². The molecule has 1 aliphatic heterocycles. The maximum atomic E-state index is 12.9. The van der Waals surface area contributed by atoms with Crippen LogP contribution in [0.25, 0.3) is 0 Å². The Morgan fingerprint density at radius 3 is 2.53 bits per heavy atom. The molecule has 3 nitrogen and oxygen atoms in total. The summed E-state index contributed by atoms with van der Waals surface area (Å²) in [5, 5.41) is 0. The van der Waals surface area contributed by atoms with Crippen LogP contribution in [-0.2, 0) is 4.79 Å². The van der Waals surface area contributed by atoms with Crippen LogP contribution in [0.5, 0.6) is 0 Å². The molecule has 2 N–H and O–H groups in total. The Labute approximate surface area is 116 Å². The van der Waals surface area contributed by atoms with Gasteiger partial charge in [0.15, 0.2) is 0 Å². The SMILES string of the molecule is CC1(C(=O)N2CC3CCCC(N)C3C2)CCCCC1. The first-order chi connectivity index (χ1) is 9.10. The maximum absolute atomic E-state index is 12.9. The molecule has 1 saturated heterocycles. The van der Waals surface area contributed by atoms with Crippen molar-refractivity contribution in [2.45, 2.75) is 64.3 Å². The number of carbonyl (C=O) groups is 1. The standard InChI is InChI=1S/C16H28N2O/c1-16(8-3-2-4-9-16)15(19)18-10-12-6-5-7-14(17)13(12)11-18/h12-14H,2-11,17H2,1H3. The first-order valence-corrected chi connectivity index (χ1v) is 8.15. The van der Waals surface area contributed by atoms with E-state index in [2.05, 4.69) is 11.8 Å². The number of hydrogen-bond donors (Lipinski definition) is 1. The van der Waals surface area contributed by atoms with Gasteiger partial charge in [-0.25, -0.2) is 0 Å². The van der Waals surface area contributed by atoms with Crippen molar-refractivity contribution in [3.63, 3.8) is 0 Å². The molecule has 1 amide bonds. The summed E-state index contributed by atoms with van der Waals surface area (Å²) in [6.07, 6.45) is 9.61. The lowest BCUT2D eigenvalue weighted by Crippen LogP contribution is -2.43. The van der Waals surface area contributed by atoms with Crippen molar-refractivity contribution in [1.82, 2.24) is 4.90 Å². The molecule has 108 valence electrons. The molecule has 3 atom stereocenters. The minimum absolute atomic E-state index is 0.0736. The number of nitrogens with zero attached hydrogens (tertiary/aromatic N) is 1. The minimum Gasteiger partial charge on any atom is -0.342 e. The van der Waals surface area contributed by atoms with E-state index in [1.807, 2.05) is 0 Å². The Bertz CT molecular complexity index is 349. The van der Waals surface area contributed by atoms with Crippen molar-refractivity contribution >= 4 is 5.91 Å². The van der Waals surface area contributed by atoms with Crippen LogP contribution in [0.2, 0.25) is 0 Å². The Balaban J connectivity index is 1.68. The first kappa shape index (κ1) is 13.4. The number of hydrogen-bond acceptors (Lipinski definition) is 2. The zero-order valence-electron chi connectivity index (χ0n) is 12.2. The van der Waals surface area contributed by atoms with Gasteiger partial charge in [0.2, 0.25) is 5.91 Å². The molecule has 0 aromatic heterocycles. The van der Waals surface area contributed by atoms with E-state index in [-0.39, 0.29) is 5.41 Å². The fraction of sp³-hybridized carbons (Fsp3) is 0.938. The van der Waals surface area contributed by atoms with Gasteiger partial charge >= 0.3 is 0 Å². The lowest BCUT2D eigenvalue weighted by Gasteiger charge is -2.35. The van der Waals surface area contributed by atoms with Crippen LogP contribution in [0.15, 0.2) is 0 Å². The molecule has 3 aliphatic rings. The van der Waals surface area contributed by atoms with Crippen molar-refractivity contribution in [2.24, 2.45) is 23.0 Å². The van der Waals surface area contributed by atoms with Crippen molar-refractivity contribution in [2.75, 3.05) is 13.1 Å². The summed E-state index contributed by atoms with van der Waals surface area (Å²) >= 11 is 0. The van der Waals surface area contributed by atoms with Crippen molar-refractivity contribution in [3.05, 3.63) is 0 Å². The molecule has 0 radical (unpaired) electrons. The van der Waals surface area contributed by atoms with E-state index in [9.17, 15) is 4.79 Å². The summed E-state index contributed by atoms with van der Waals surface area (Å²) in [4.78, 5) is 15.0. The number of rotatable bonds is 1. The maximum Gasteiger partial charge on any atom is 0.228 e. The third-order valence-electron chi connectivity index (χ3n) is 5.91. The predicted octanol–water partition coefficient (Wildman–Crippen LogP) is 2.54. The van der Waals surface area contributed by atoms with E-state index in [4.69, 9.17) is 5.73 Å². The van der Waals surface area contributed by atoms with E-state index < -0.39 is 0 Å². The fourth-order valence-corrected chi connectivity index (χ4v) is 4.61. The molecule has 2 saturated carbocycles. The Morgan fingerprint density at radius 1 is 1.11 bits per heavy atom. The zero-order chi connectivity index (χ0) is 13.5. The van der Waals surface area contributed by atoms with Gasteiger partial charge in [0.25, 0.3) is 0 Å². The summed E-state index contributed by atoms with van der Waals surface area (Å²) in [7, 11) is 0. The monoisotopic (exact) mass is 264 g/mol. The van der Waals surface area contributed by atoms with Crippen LogP contribution in [0, 0.1) is 17.3 Å². The van der Waals surface area contributed by atoms with Gasteiger partial charge in [-0.15, -0.1) is 0 Å². The summed E-state index contributed by atoms with van der Waals surface area (Å²) in [6, 6.07) is 0.329. The largest absolute Gasteiger partial charge is 0.342 e. The number of nitrogens with two attached hydrogens (primary N) is 1. The summed E-state index contributed by atoms with van der Waals surface area (Å²) in [5.74, 6) is 1.68. The second kappa shape index (κ2) is 5.08. The van der Waals surface area contributed by atoms with E-state index in [0.29, 0.717) is 23.8 Å². The van der Waals surface area contributed by atoms with Gasteiger partial charge in [0.1, 0.15) is 0 Å². The molecular weight excluding hydrogens is 236 g/mol. The molecule has 3 fully saturated rings. The lowest BCUT2D eigenvalue weighted by atomic mass is 9.74. The highest BCUT2D eigenvalue weighted by atomic mass is 16.2. The van der Waals surface area contributed by atoms with Gasteiger partial charge in [-0.2, -0.15) is 0 Å². The second-order valence-corrected chi connectivity index (χ2v) is 7.35. The number of carbonyl (C=O) groups excluding carboxylic acids is 1. The quantitative estimate of drug-likeness (QED) is 0.791. The highest BCUT2D eigenvalue weighted by Crippen LogP contribution is 2.41. The molecule has 19 heavy (non-hydrogen) atoms. The first-order valence-electron chi connectivity index (χ1n) is 8.15. The average Bonchev–Trinajstić information content (AvgIpc) is 2.84. The van der Waals surface area contributed by atoms with Crippen molar-refractivity contribution < 1.29 is 4.79 Å². The molecule has 1 heterocycles. The topological polar surface area (TPSA) is 46.3 Å². The fourth-order valence-electron chi connectivity index (χ4n) is 4.61. The van der Waals surface area contributed by atoms with Crippen LogP contribution >= 0.6 is 0 Å². The Morgan fingerprint density at radius 2 is 1.84 bits per heavy atom. The minimum atomic E-state index is -0.0736. The van der Waals surface area contributed by atoms with Crippen molar-refractivity contribution in [3.8, 4) is 0 Å². The van der Waals surface area contributed by atoms with Gasteiger partial charge < -0.3 is 10.6 Å². The molecule has 0 aromatic carbocycles. The normalized spacial score (nSPS) is 38.0. The smallest absolute Gasteiger partial charge is 0.228 e. The Kier molecular flexibility index (Phi) is 3.59. The van der Waals surface area contributed by atoms with Crippen LogP contribution in [0.3, 0.4) is 0 Å². The number of likely N-dealkylation sites (tertiary alicyclic amines) is 1. The highest BCUT2D eigenvalue weighted by Gasteiger charge is 2.45. The van der Waals surface area contributed by atoms with E-state index in [0.717, 1.165) is 32.4 Å². The molecule has 2 aliphatic carbocycles. The number of amides is 1. The third kappa shape index (κ3) is 2.42. The highest BCUT2D eigenvalue weighted by molar-refractivity contribution is 5.82. The van der Waals surface area contributed by atoms with Gasteiger partial charge in [0, 0.05) is 24.5 Å². The van der Waals surface area contributed by atoms with Crippen LogP contribution in [-0.4, -0.2) is 29.9 Å². The molecule has 3 rings (SSSR count). The van der Waals surface area contributed by atoms with Gasteiger partial charge in [-0.3, -0.25) is 4.79 Å². The van der Waals surface area contributed by atoms with Crippen LogP contribution in [0.1, 0.15) is 58.3 Å². The van der Waals surface area contributed by atoms with E-state index in [1.165, 1.54) is 32.1 Å². The molecule has 0 spiro atoms. The molecule has 0 aromatic rings.